The van der Waals surface area contributed by atoms with Crippen LogP contribution in [-0.4, -0.2) is 63.5 Å². The minimum absolute atomic E-state index is 0.0177. The standard InChI is InChI=1S/C24H30N6O5S/c1-4-35-21-13-18(20(31)14-19(21)30-9-11-34-12-10-30)28-24-26-15-16(2)23(29-24)27-17-7-5-6-8-22(17)36(32,33)25-3/h5-8,13-15,25,31H,4,9-12H2,1-3H3,(H2,26,27,28,29). The van der Waals surface area contributed by atoms with Crippen LogP contribution < -0.4 is 25.0 Å². The van der Waals surface area contributed by atoms with Crippen molar-refractivity contribution in [2.75, 3.05) is 55.5 Å². The molecule has 36 heavy (non-hydrogen) atoms. The predicted octanol–water partition coefficient (Wildman–Crippen LogP) is 3.12. The SMILES string of the molecule is CCOc1cc(Nc2ncc(C)c(Nc3ccccc3S(=O)(=O)NC)n2)c(O)cc1N1CCOCC1. The summed E-state index contributed by atoms with van der Waals surface area (Å²) >= 11 is 0. The number of rotatable bonds is 9. The molecule has 0 radical (unpaired) electrons. The molecule has 3 aromatic rings. The second-order valence-corrected chi connectivity index (χ2v) is 9.90. The lowest BCUT2D eigenvalue weighted by Gasteiger charge is -2.30. The van der Waals surface area contributed by atoms with Crippen LogP contribution in [0.2, 0.25) is 0 Å². The third-order valence-corrected chi connectivity index (χ3v) is 7.12. The van der Waals surface area contributed by atoms with Gasteiger partial charge in [-0.1, -0.05) is 12.1 Å². The minimum atomic E-state index is -3.68. The van der Waals surface area contributed by atoms with Gasteiger partial charge in [0.15, 0.2) is 0 Å². The van der Waals surface area contributed by atoms with Crippen LogP contribution in [0.5, 0.6) is 11.5 Å². The molecule has 4 rings (SSSR count). The first-order chi connectivity index (χ1) is 17.3. The van der Waals surface area contributed by atoms with Crippen molar-refractivity contribution in [3.63, 3.8) is 0 Å². The van der Waals surface area contributed by atoms with Crippen molar-refractivity contribution < 1.29 is 23.0 Å². The van der Waals surface area contributed by atoms with Crippen molar-refractivity contribution >= 4 is 38.9 Å². The molecule has 0 unspecified atom stereocenters. The molecule has 0 spiro atoms. The molecule has 2 aromatic carbocycles. The van der Waals surface area contributed by atoms with Gasteiger partial charge in [0.25, 0.3) is 0 Å². The van der Waals surface area contributed by atoms with Crippen LogP contribution in [0.3, 0.4) is 0 Å². The summed E-state index contributed by atoms with van der Waals surface area (Å²) in [6.07, 6.45) is 1.61. The largest absolute Gasteiger partial charge is 0.506 e. The molecule has 11 nitrogen and oxygen atoms in total. The molecule has 0 amide bonds. The van der Waals surface area contributed by atoms with Crippen molar-refractivity contribution in [2.24, 2.45) is 0 Å². The highest BCUT2D eigenvalue weighted by Crippen LogP contribution is 2.39. The molecule has 0 saturated carbocycles. The molecule has 192 valence electrons. The van der Waals surface area contributed by atoms with Gasteiger partial charge >= 0.3 is 0 Å². The average molecular weight is 515 g/mol. The minimum Gasteiger partial charge on any atom is -0.506 e. The van der Waals surface area contributed by atoms with Crippen molar-refractivity contribution in [1.82, 2.24) is 14.7 Å². The highest BCUT2D eigenvalue weighted by Gasteiger charge is 2.20. The summed E-state index contributed by atoms with van der Waals surface area (Å²) < 4.78 is 38.5. The quantitative estimate of drug-likeness (QED) is 0.315. The van der Waals surface area contributed by atoms with E-state index in [0.717, 1.165) is 5.69 Å². The highest BCUT2D eigenvalue weighted by atomic mass is 32.2. The van der Waals surface area contributed by atoms with E-state index in [1.165, 1.54) is 13.1 Å². The summed E-state index contributed by atoms with van der Waals surface area (Å²) in [5.41, 5.74) is 2.25. The molecule has 1 aromatic heterocycles. The third kappa shape index (κ3) is 5.61. The molecule has 1 saturated heterocycles. The number of phenolic OH excluding ortho intramolecular Hbond substituents is 1. The summed E-state index contributed by atoms with van der Waals surface area (Å²) in [6, 6.07) is 9.92. The number of aromatic hydroxyl groups is 1. The molecular weight excluding hydrogens is 484 g/mol. The van der Waals surface area contributed by atoms with Crippen molar-refractivity contribution in [3.05, 3.63) is 48.2 Å². The number of aryl methyl sites for hydroxylation is 1. The number of para-hydroxylation sites is 1. The first kappa shape index (κ1) is 25.5. The van der Waals surface area contributed by atoms with Gasteiger partial charge in [-0.25, -0.2) is 18.1 Å². The smallest absolute Gasteiger partial charge is 0.242 e. The Labute approximate surface area is 210 Å². The van der Waals surface area contributed by atoms with E-state index in [4.69, 9.17) is 9.47 Å². The Balaban J connectivity index is 1.63. The van der Waals surface area contributed by atoms with Crippen LogP contribution in [0.15, 0.2) is 47.5 Å². The summed E-state index contributed by atoms with van der Waals surface area (Å²) in [5.74, 6) is 1.27. The number of benzene rings is 2. The fourth-order valence-electron chi connectivity index (χ4n) is 3.77. The number of morpholine rings is 1. The Morgan fingerprint density at radius 2 is 1.89 bits per heavy atom. The molecular formula is C24H30N6O5S. The number of nitrogens with zero attached hydrogens (tertiary/aromatic N) is 3. The molecule has 1 aliphatic heterocycles. The molecule has 0 bridgehead atoms. The number of hydrogen-bond donors (Lipinski definition) is 4. The van der Waals surface area contributed by atoms with E-state index < -0.39 is 10.0 Å². The molecule has 0 atom stereocenters. The first-order valence-corrected chi connectivity index (χ1v) is 13.0. The predicted molar refractivity (Wildman–Crippen MR) is 138 cm³/mol. The maximum atomic E-state index is 12.4. The van der Waals surface area contributed by atoms with Crippen LogP contribution in [-0.2, 0) is 14.8 Å². The van der Waals surface area contributed by atoms with Crippen LogP contribution in [0.4, 0.5) is 28.8 Å². The number of sulfonamides is 1. The van der Waals surface area contributed by atoms with Crippen molar-refractivity contribution in [3.8, 4) is 11.5 Å². The van der Waals surface area contributed by atoms with Crippen LogP contribution in [0, 0.1) is 6.92 Å². The van der Waals surface area contributed by atoms with Gasteiger partial charge in [-0.05, 0) is 33.0 Å². The maximum Gasteiger partial charge on any atom is 0.242 e. The number of aromatic nitrogens is 2. The second kappa shape index (κ2) is 11.0. The molecule has 2 heterocycles. The van der Waals surface area contributed by atoms with Gasteiger partial charge < -0.3 is 30.1 Å². The Morgan fingerprint density at radius 1 is 1.14 bits per heavy atom. The van der Waals surface area contributed by atoms with Gasteiger partial charge in [-0.15, -0.1) is 0 Å². The van der Waals surface area contributed by atoms with Gasteiger partial charge in [0.1, 0.15) is 22.2 Å². The van der Waals surface area contributed by atoms with Crippen LogP contribution in [0.1, 0.15) is 12.5 Å². The van der Waals surface area contributed by atoms with Crippen LogP contribution in [0.25, 0.3) is 0 Å². The van der Waals surface area contributed by atoms with E-state index in [0.29, 0.717) is 61.4 Å². The molecule has 1 fully saturated rings. The summed E-state index contributed by atoms with van der Waals surface area (Å²) in [5, 5.41) is 16.9. The molecule has 1 aliphatic rings. The lowest BCUT2D eigenvalue weighted by molar-refractivity contribution is 0.122. The van der Waals surface area contributed by atoms with Gasteiger partial charge in [-0.2, -0.15) is 4.98 Å². The number of hydrogen-bond acceptors (Lipinski definition) is 10. The second-order valence-electron chi connectivity index (χ2n) is 8.05. The summed E-state index contributed by atoms with van der Waals surface area (Å²) in [6.45, 7) is 6.79. The Morgan fingerprint density at radius 3 is 2.61 bits per heavy atom. The molecule has 0 aliphatic carbocycles. The topological polar surface area (TPSA) is 138 Å². The van der Waals surface area contributed by atoms with E-state index in [9.17, 15) is 13.5 Å². The fourth-order valence-corrected chi connectivity index (χ4v) is 4.66. The summed E-state index contributed by atoms with van der Waals surface area (Å²) in [4.78, 5) is 11.0. The average Bonchev–Trinajstić information content (AvgIpc) is 2.88. The third-order valence-electron chi connectivity index (χ3n) is 5.65. The Bertz CT molecular complexity index is 1330. The zero-order chi connectivity index (χ0) is 25.7. The van der Waals surface area contributed by atoms with Gasteiger partial charge in [0.2, 0.25) is 16.0 Å². The normalized spacial score (nSPS) is 13.9. The summed E-state index contributed by atoms with van der Waals surface area (Å²) in [7, 11) is -2.32. The number of ether oxygens (including phenoxy) is 2. The number of anilines is 5. The fraction of sp³-hybridized carbons (Fsp3) is 0.333. The van der Waals surface area contributed by atoms with Crippen LogP contribution >= 0.6 is 0 Å². The van der Waals surface area contributed by atoms with E-state index in [-0.39, 0.29) is 16.6 Å². The number of nitrogens with one attached hydrogen (secondary N) is 3. The van der Waals surface area contributed by atoms with E-state index in [1.54, 1.807) is 36.5 Å². The zero-order valence-electron chi connectivity index (χ0n) is 20.4. The van der Waals surface area contributed by atoms with E-state index in [1.807, 2.05) is 13.8 Å². The van der Waals surface area contributed by atoms with Gasteiger partial charge in [-0.3, -0.25) is 0 Å². The Hall–Kier alpha value is -3.61. The highest BCUT2D eigenvalue weighted by molar-refractivity contribution is 7.89. The first-order valence-electron chi connectivity index (χ1n) is 11.5. The van der Waals surface area contributed by atoms with Gasteiger partial charge in [0, 0.05) is 37.0 Å². The molecule has 12 heteroatoms. The monoisotopic (exact) mass is 514 g/mol. The van der Waals surface area contributed by atoms with E-state index in [2.05, 4.69) is 30.2 Å². The van der Waals surface area contributed by atoms with Crippen molar-refractivity contribution in [1.29, 1.82) is 0 Å². The van der Waals surface area contributed by atoms with Gasteiger partial charge in [0.05, 0.1) is 36.9 Å². The van der Waals surface area contributed by atoms with E-state index >= 15 is 0 Å². The molecule has 4 N–H and O–H groups in total. The lowest BCUT2D eigenvalue weighted by atomic mass is 10.2. The lowest BCUT2D eigenvalue weighted by Crippen LogP contribution is -2.36. The Kier molecular flexibility index (Phi) is 7.77. The number of phenols is 1. The maximum absolute atomic E-state index is 12.4. The van der Waals surface area contributed by atoms with Crippen molar-refractivity contribution in [2.45, 2.75) is 18.7 Å². The zero-order valence-corrected chi connectivity index (χ0v) is 21.2.